The van der Waals surface area contributed by atoms with Gasteiger partial charge in [0.1, 0.15) is 5.83 Å². The van der Waals surface area contributed by atoms with Crippen LogP contribution in [0.15, 0.2) is 48.3 Å². The molecule has 2 aliphatic heterocycles. The number of benzene rings is 1. The SMILES string of the molecule is O=C(N1CCC[C@H](O)C1)C1(OCC2CCN(CC3(C(F)(F)F)CCC3)CC2)C=CC(c2ccccc2)=C(F)C1. The Balaban J connectivity index is 1.25. The molecule has 1 amide bonds. The fraction of sp³-hybridized carbons (Fsp3) is 0.633. The number of allylic oxidation sites excluding steroid dienone is 2. The van der Waals surface area contributed by atoms with E-state index in [1.165, 1.54) is 0 Å². The molecule has 0 spiro atoms. The van der Waals surface area contributed by atoms with E-state index in [2.05, 4.69) is 0 Å². The van der Waals surface area contributed by atoms with Crippen molar-refractivity contribution in [1.29, 1.82) is 0 Å². The molecule has 2 saturated heterocycles. The molecule has 0 radical (unpaired) electrons. The van der Waals surface area contributed by atoms with E-state index in [-0.39, 0.29) is 50.8 Å². The maximum atomic E-state index is 15.6. The van der Waals surface area contributed by atoms with Gasteiger partial charge in [0.25, 0.3) is 5.91 Å². The number of alkyl halides is 3. The van der Waals surface area contributed by atoms with Crippen LogP contribution in [0.4, 0.5) is 17.6 Å². The number of ether oxygens (including phenoxy) is 1. The number of β-amino-alcohol motifs (C(OH)–C–C–N with tert-alkyl or cyclic N) is 1. The van der Waals surface area contributed by atoms with Gasteiger partial charge in [-0.25, -0.2) is 4.39 Å². The average Bonchev–Trinajstić information content (AvgIpc) is 2.89. The quantitative estimate of drug-likeness (QED) is 0.455. The molecule has 5 rings (SSSR count). The van der Waals surface area contributed by atoms with E-state index in [0.29, 0.717) is 57.3 Å². The number of aliphatic hydroxyl groups excluding tert-OH is 1. The third-order valence-electron chi connectivity index (χ3n) is 9.08. The van der Waals surface area contributed by atoms with Crippen LogP contribution in [-0.4, -0.2) is 78.0 Å². The normalized spacial score (nSPS) is 28.4. The number of amides is 1. The van der Waals surface area contributed by atoms with Crippen molar-refractivity contribution < 1.29 is 32.2 Å². The molecule has 2 aliphatic carbocycles. The minimum Gasteiger partial charge on any atom is -0.391 e. The summed E-state index contributed by atoms with van der Waals surface area (Å²) in [5.41, 5.74) is -1.94. The number of likely N-dealkylation sites (tertiary alicyclic amines) is 2. The lowest BCUT2D eigenvalue weighted by Gasteiger charge is -2.47. The molecular formula is C30H38F4N2O3. The second-order valence-corrected chi connectivity index (χ2v) is 11.8. The van der Waals surface area contributed by atoms with Crippen molar-refractivity contribution in [3.8, 4) is 0 Å². The standard InChI is InChI=1S/C30H38F4N2O3/c31-26-18-29(27(38)36-15-4-8-24(37)19-36,14-9-25(26)23-6-2-1-3-7-23)39-20-22-10-16-35(17-11-22)21-28(12-5-13-28)30(32,33)34/h1-3,6-7,9,14,22,24,37H,4-5,8,10-13,15-21H2/t24-,29?/m0/s1. The summed E-state index contributed by atoms with van der Waals surface area (Å²) in [7, 11) is 0. The number of carbonyl (C=O) groups excluding carboxylic acids is 1. The second-order valence-electron chi connectivity index (χ2n) is 11.8. The number of carbonyl (C=O) groups is 1. The largest absolute Gasteiger partial charge is 0.395 e. The van der Waals surface area contributed by atoms with Gasteiger partial charge in [-0.1, -0.05) is 42.8 Å². The molecule has 9 heteroatoms. The summed E-state index contributed by atoms with van der Waals surface area (Å²) in [6.07, 6.45) is 1.88. The minimum absolute atomic E-state index is 0.0464. The van der Waals surface area contributed by atoms with Crippen LogP contribution in [0.1, 0.15) is 56.9 Å². The Hall–Kier alpha value is -2.23. The summed E-state index contributed by atoms with van der Waals surface area (Å²) in [5, 5.41) is 10.2. The average molecular weight is 551 g/mol. The van der Waals surface area contributed by atoms with Crippen molar-refractivity contribution in [2.24, 2.45) is 11.3 Å². The van der Waals surface area contributed by atoms with Crippen LogP contribution in [0.2, 0.25) is 0 Å². The van der Waals surface area contributed by atoms with Crippen molar-refractivity contribution in [2.45, 2.75) is 69.2 Å². The lowest BCUT2D eigenvalue weighted by molar-refractivity contribution is -0.256. The molecule has 214 valence electrons. The van der Waals surface area contributed by atoms with E-state index in [1.807, 2.05) is 35.2 Å². The molecule has 3 fully saturated rings. The van der Waals surface area contributed by atoms with E-state index < -0.39 is 29.1 Å². The van der Waals surface area contributed by atoms with Crippen molar-refractivity contribution in [3.63, 3.8) is 0 Å². The zero-order valence-corrected chi connectivity index (χ0v) is 22.3. The van der Waals surface area contributed by atoms with E-state index >= 15 is 4.39 Å². The fourth-order valence-corrected chi connectivity index (χ4v) is 6.42. The summed E-state index contributed by atoms with van der Waals surface area (Å²) in [5.74, 6) is -0.714. The first-order valence-electron chi connectivity index (χ1n) is 14.1. The minimum atomic E-state index is -4.18. The zero-order chi connectivity index (χ0) is 27.7. The van der Waals surface area contributed by atoms with Gasteiger partial charge in [-0.3, -0.25) is 4.79 Å². The Kier molecular flexibility index (Phi) is 8.23. The Morgan fingerprint density at radius 1 is 1.05 bits per heavy atom. The number of halogens is 4. The van der Waals surface area contributed by atoms with Crippen LogP contribution in [-0.2, 0) is 9.53 Å². The van der Waals surface area contributed by atoms with Crippen molar-refractivity contribution >= 4 is 11.5 Å². The maximum absolute atomic E-state index is 15.6. The molecule has 4 aliphatic rings. The van der Waals surface area contributed by atoms with Crippen LogP contribution in [0.5, 0.6) is 0 Å². The van der Waals surface area contributed by atoms with Gasteiger partial charge >= 0.3 is 6.18 Å². The number of nitrogens with zero attached hydrogens (tertiary/aromatic N) is 2. The Morgan fingerprint density at radius 3 is 2.36 bits per heavy atom. The van der Waals surface area contributed by atoms with Crippen molar-refractivity contribution in [2.75, 3.05) is 39.3 Å². The number of hydrogen-bond acceptors (Lipinski definition) is 4. The summed E-state index contributed by atoms with van der Waals surface area (Å²) < 4.78 is 62.8. The van der Waals surface area contributed by atoms with Crippen LogP contribution < -0.4 is 0 Å². The van der Waals surface area contributed by atoms with Gasteiger partial charge in [0.2, 0.25) is 0 Å². The predicted molar refractivity (Wildman–Crippen MR) is 140 cm³/mol. The molecule has 39 heavy (non-hydrogen) atoms. The van der Waals surface area contributed by atoms with Crippen LogP contribution in [0, 0.1) is 11.3 Å². The van der Waals surface area contributed by atoms with E-state index in [1.54, 1.807) is 17.1 Å². The molecule has 5 nitrogen and oxygen atoms in total. The number of hydrogen-bond donors (Lipinski definition) is 1. The molecule has 2 atom stereocenters. The number of aliphatic hydroxyl groups is 1. The molecular weight excluding hydrogens is 512 g/mol. The highest BCUT2D eigenvalue weighted by Gasteiger charge is 2.58. The highest BCUT2D eigenvalue weighted by atomic mass is 19.4. The van der Waals surface area contributed by atoms with Crippen molar-refractivity contribution in [3.05, 3.63) is 53.9 Å². The molecule has 1 N–H and O–H groups in total. The maximum Gasteiger partial charge on any atom is 0.395 e. The zero-order valence-electron chi connectivity index (χ0n) is 22.3. The van der Waals surface area contributed by atoms with Gasteiger partial charge in [-0.2, -0.15) is 13.2 Å². The van der Waals surface area contributed by atoms with Gasteiger partial charge in [-0.15, -0.1) is 0 Å². The molecule has 1 aromatic rings. The molecule has 0 aromatic heterocycles. The van der Waals surface area contributed by atoms with Gasteiger partial charge in [0, 0.05) is 31.6 Å². The summed E-state index contributed by atoms with van der Waals surface area (Å²) in [6, 6.07) is 9.14. The second kappa shape index (κ2) is 11.3. The smallest absolute Gasteiger partial charge is 0.391 e. The van der Waals surface area contributed by atoms with E-state index in [0.717, 1.165) is 5.56 Å². The van der Waals surface area contributed by atoms with Gasteiger partial charge in [0.05, 0.1) is 18.1 Å². The molecule has 1 aromatic carbocycles. The van der Waals surface area contributed by atoms with E-state index in [9.17, 15) is 23.1 Å². The van der Waals surface area contributed by atoms with Gasteiger partial charge < -0.3 is 19.6 Å². The first-order chi connectivity index (χ1) is 18.6. The van der Waals surface area contributed by atoms with Gasteiger partial charge in [-0.05, 0) is 69.2 Å². The first-order valence-corrected chi connectivity index (χ1v) is 14.1. The lowest BCUT2D eigenvalue weighted by atomic mass is 9.67. The first kappa shape index (κ1) is 28.3. The highest BCUT2D eigenvalue weighted by Crippen LogP contribution is 2.53. The summed E-state index contributed by atoms with van der Waals surface area (Å²) in [6.45, 7) is 2.03. The van der Waals surface area contributed by atoms with Crippen molar-refractivity contribution in [1.82, 2.24) is 9.80 Å². The third kappa shape index (κ3) is 5.95. The molecule has 0 bridgehead atoms. The molecule has 1 saturated carbocycles. The third-order valence-corrected chi connectivity index (χ3v) is 9.08. The Morgan fingerprint density at radius 2 is 1.77 bits per heavy atom. The Bertz CT molecular complexity index is 1080. The molecule has 2 heterocycles. The van der Waals surface area contributed by atoms with Crippen LogP contribution in [0.25, 0.3) is 5.57 Å². The molecule has 1 unspecified atom stereocenters. The number of piperidine rings is 2. The summed E-state index contributed by atoms with van der Waals surface area (Å²) in [4.78, 5) is 17.2. The topological polar surface area (TPSA) is 53.0 Å². The summed E-state index contributed by atoms with van der Waals surface area (Å²) >= 11 is 0. The van der Waals surface area contributed by atoms with E-state index in [4.69, 9.17) is 4.74 Å². The van der Waals surface area contributed by atoms with Crippen LogP contribution >= 0.6 is 0 Å². The van der Waals surface area contributed by atoms with Gasteiger partial charge in [0.15, 0.2) is 5.60 Å². The monoisotopic (exact) mass is 550 g/mol. The highest BCUT2D eigenvalue weighted by molar-refractivity contribution is 5.91. The fourth-order valence-electron chi connectivity index (χ4n) is 6.42. The lowest BCUT2D eigenvalue weighted by Crippen LogP contribution is -2.55. The Labute approximate surface area is 227 Å². The number of rotatable bonds is 7. The van der Waals surface area contributed by atoms with Crippen LogP contribution in [0.3, 0.4) is 0 Å². The predicted octanol–water partition coefficient (Wildman–Crippen LogP) is 5.51.